The minimum Gasteiger partial charge on any atom is -0.380 e. The van der Waals surface area contributed by atoms with Crippen LogP contribution in [-0.4, -0.2) is 28.8 Å². The molecule has 0 saturated heterocycles. The van der Waals surface area contributed by atoms with Gasteiger partial charge in [0.25, 0.3) is 0 Å². The van der Waals surface area contributed by atoms with Crippen LogP contribution in [0, 0.1) is 0 Å². The number of hydrogen-bond donors (Lipinski definition) is 4. The van der Waals surface area contributed by atoms with Crippen molar-refractivity contribution in [3.8, 4) is 0 Å². The normalized spacial score (nSPS) is 16.9. The molecule has 3 rings (SSSR count). The number of fused-ring (bicyclic) bond motifs is 1. The lowest BCUT2D eigenvalue weighted by atomic mass is 9.98. The zero-order valence-corrected chi connectivity index (χ0v) is 11.0. The smallest absolute Gasteiger partial charge is 0.319 e. The van der Waals surface area contributed by atoms with E-state index in [1.807, 2.05) is 6.07 Å². The summed E-state index contributed by atoms with van der Waals surface area (Å²) in [4.78, 5) is 11.7. The first-order valence-electron chi connectivity index (χ1n) is 6.69. The number of carbonyl (C=O) groups excluding carboxylic acids is 1. The van der Waals surface area contributed by atoms with E-state index in [-0.39, 0.29) is 12.1 Å². The second-order valence-corrected chi connectivity index (χ2v) is 4.86. The Labute approximate surface area is 117 Å². The number of nitrogens with one attached hydrogen (secondary N) is 4. The summed E-state index contributed by atoms with van der Waals surface area (Å²) >= 11 is 0. The van der Waals surface area contributed by atoms with Crippen molar-refractivity contribution in [1.29, 1.82) is 0 Å². The highest BCUT2D eigenvalue weighted by Gasteiger charge is 2.17. The number of aryl methyl sites for hydroxylation is 1. The molecule has 0 saturated carbocycles. The number of H-pyrrole nitrogens is 1. The number of anilines is 2. The van der Waals surface area contributed by atoms with Gasteiger partial charge in [-0.15, -0.1) is 0 Å². The van der Waals surface area contributed by atoms with Crippen molar-refractivity contribution in [2.24, 2.45) is 0 Å². The zero-order chi connectivity index (χ0) is 13.8. The van der Waals surface area contributed by atoms with E-state index in [1.54, 1.807) is 12.4 Å². The number of benzene rings is 1. The number of aromatic nitrogens is 2. The Balaban J connectivity index is 1.49. The van der Waals surface area contributed by atoms with E-state index >= 15 is 0 Å². The van der Waals surface area contributed by atoms with E-state index in [9.17, 15) is 4.79 Å². The molecule has 0 aliphatic carbocycles. The highest BCUT2D eigenvalue weighted by Crippen LogP contribution is 2.23. The molecule has 104 valence electrons. The summed E-state index contributed by atoms with van der Waals surface area (Å²) in [7, 11) is 0. The molecule has 1 aromatic carbocycles. The molecule has 0 spiro atoms. The summed E-state index contributed by atoms with van der Waals surface area (Å²) in [6, 6.07) is 8.34. The van der Waals surface area contributed by atoms with Crippen molar-refractivity contribution in [3.05, 3.63) is 42.2 Å². The number of rotatable bonds is 3. The van der Waals surface area contributed by atoms with Crippen molar-refractivity contribution in [2.45, 2.75) is 18.9 Å². The van der Waals surface area contributed by atoms with Crippen LogP contribution < -0.4 is 16.0 Å². The Morgan fingerprint density at radius 1 is 1.40 bits per heavy atom. The minimum atomic E-state index is -0.216. The highest BCUT2D eigenvalue weighted by molar-refractivity contribution is 5.88. The third-order valence-corrected chi connectivity index (χ3v) is 3.40. The standard InChI is InChI=1S/C14H17N5O/c20-14(19-12-8-16-17-9-12)15-7-11-6-5-10-3-1-2-4-13(10)18-11/h1-4,8-9,11,18H,5-7H2,(H,16,17)(H2,15,19,20)/t11-/m1/s1. The summed E-state index contributed by atoms with van der Waals surface area (Å²) in [6.45, 7) is 0.595. The summed E-state index contributed by atoms with van der Waals surface area (Å²) < 4.78 is 0. The number of carbonyl (C=O) groups is 1. The third kappa shape index (κ3) is 2.90. The van der Waals surface area contributed by atoms with E-state index in [2.05, 4.69) is 44.3 Å². The van der Waals surface area contributed by atoms with Crippen LogP contribution in [0.25, 0.3) is 0 Å². The Morgan fingerprint density at radius 2 is 2.30 bits per heavy atom. The molecule has 2 amide bonds. The maximum Gasteiger partial charge on any atom is 0.319 e. The van der Waals surface area contributed by atoms with Crippen LogP contribution in [0.4, 0.5) is 16.2 Å². The molecule has 1 aromatic heterocycles. The summed E-state index contributed by atoms with van der Waals surface area (Å²) in [5, 5.41) is 15.4. The number of urea groups is 1. The first-order valence-corrected chi connectivity index (χ1v) is 6.69. The van der Waals surface area contributed by atoms with Gasteiger partial charge in [0.15, 0.2) is 0 Å². The predicted molar refractivity (Wildman–Crippen MR) is 77.8 cm³/mol. The molecule has 6 heteroatoms. The van der Waals surface area contributed by atoms with E-state index in [0.717, 1.165) is 12.8 Å². The minimum absolute atomic E-state index is 0.216. The van der Waals surface area contributed by atoms with Crippen molar-refractivity contribution < 1.29 is 4.79 Å². The number of aromatic amines is 1. The van der Waals surface area contributed by atoms with Crippen molar-refractivity contribution in [3.63, 3.8) is 0 Å². The van der Waals surface area contributed by atoms with Crippen LogP contribution in [-0.2, 0) is 6.42 Å². The average Bonchev–Trinajstić information content (AvgIpc) is 2.98. The lowest BCUT2D eigenvalue weighted by Gasteiger charge is -2.27. The molecule has 1 aliphatic rings. The Bertz CT molecular complexity index is 581. The van der Waals surface area contributed by atoms with E-state index in [4.69, 9.17) is 0 Å². The van der Waals surface area contributed by atoms with Gasteiger partial charge in [0.1, 0.15) is 0 Å². The largest absolute Gasteiger partial charge is 0.380 e. The average molecular weight is 271 g/mol. The van der Waals surface area contributed by atoms with Crippen LogP contribution in [0.15, 0.2) is 36.7 Å². The molecular formula is C14H17N5O. The van der Waals surface area contributed by atoms with Gasteiger partial charge >= 0.3 is 6.03 Å². The number of amides is 2. The lowest BCUT2D eigenvalue weighted by Crippen LogP contribution is -2.40. The van der Waals surface area contributed by atoms with Crippen LogP contribution in [0.2, 0.25) is 0 Å². The molecule has 1 atom stereocenters. The predicted octanol–water partition coefficient (Wildman–Crippen LogP) is 1.96. The first kappa shape index (κ1) is 12.5. The van der Waals surface area contributed by atoms with Crippen LogP contribution in [0.3, 0.4) is 0 Å². The van der Waals surface area contributed by atoms with Gasteiger partial charge in [-0.3, -0.25) is 5.10 Å². The Hall–Kier alpha value is -2.50. The maximum atomic E-state index is 11.7. The first-order chi connectivity index (χ1) is 9.81. The Kier molecular flexibility index (Phi) is 3.54. The molecule has 2 aromatic rings. The second-order valence-electron chi connectivity index (χ2n) is 4.86. The fourth-order valence-electron chi connectivity index (χ4n) is 2.36. The highest BCUT2D eigenvalue weighted by atomic mass is 16.2. The molecule has 0 bridgehead atoms. The Morgan fingerprint density at radius 3 is 3.15 bits per heavy atom. The van der Waals surface area contributed by atoms with Crippen LogP contribution >= 0.6 is 0 Å². The fourth-order valence-corrected chi connectivity index (χ4v) is 2.36. The van der Waals surface area contributed by atoms with Gasteiger partial charge in [-0.05, 0) is 24.5 Å². The van der Waals surface area contributed by atoms with Gasteiger partial charge in [-0.2, -0.15) is 5.10 Å². The molecule has 20 heavy (non-hydrogen) atoms. The van der Waals surface area contributed by atoms with Gasteiger partial charge in [-0.1, -0.05) is 18.2 Å². The fraction of sp³-hybridized carbons (Fsp3) is 0.286. The van der Waals surface area contributed by atoms with Crippen LogP contribution in [0.5, 0.6) is 0 Å². The number of nitrogens with zero attached hydrogens (tertiary/aromatic N) is 1. The quantitative estimate of drug-likeness (QED) is 0.688. The monoisotopic (exact) mass is 271 g/mol. The molecular weight excluding hydrogens is 254 g/mol. The van der Waals surface area contributed by atoms with Gasteiger partial charge in [0.05, 0.1) is 11.9 Å². The molecule has 1 aliphatic heterocycles. The van der Waals surface area contributed by atoms with Crippen LogP contribution in [0.1, 0.15) is 12.0 Å². The second kappa shape index (κ2) is 5.64. The summed E-state index contributed by atoms with van der Waals surface area (Å²) in [5.41, 5.74) is 3.16. The van der Waals surface area contributed by atoms with E-state index < -0.39 is 0 Å². The van der Waals surface area contributed by atoms with Gasteiger partial charge in [0.2, 0.25) is 0 Å². The van der Waals surface area contributed by atoms with E-state index in [0.29, 0.717) is 12.2 Å². The topological polar surface area (TPSA) is 81.8 Å². The number of para-hydroxylation sites is 1. The van der Waals surface area contributed by atoms with Gasteiger partial charge in [-0.25, -0.2) is 4.79 Å². The SMILES string of the molecule is O=C(NC[C@H]1CCc2ccccc2N1)Nc1cn[nH]c1. The molecule has 4 N–H and O–H groups in total. The summed E-state index contributed by atoms with van der Waals surface area (Å²) in [6.07, 6.45) is 5.26. The van der Waals surface area contributed by atoms with Crippen molar-refractivity contribution in [1.82, 2.24) is 15.5 Å². The van der Waals surface area contributed by atoms with Crippen molar-refractivity contribution >= 4 is 17.4 Å². The van der Waals surface area contributed by atoms with Gasteiger partial charge in [0, 0.05) is 24.5 Å². The molecule has 0 unspecified atom stereocenters. The maximum absolute atomic E-state index is 11.7. The lowest BCUT2D eigenvalue weighted by molar-refractivity contribution is 0.251. The number of hydrogen-bond acceptors (Lipinski definition) is 3. The molecule has 6 nitrogen and oxygen atoms in total. The van der Waals surface area contributed by atoms with E-state index in [1.165, 1.54) is 11.3 Å². The third-order valence-electron chi connectivity index (χ3n) is 3.40. The zero-order valence-electron chi connectivity index (χ0n) is 11.0. The van der Waals surface area contributed by atoms with Gasteiger partial charge < -0.3 is 16.0 Å². The summed E-state index contributed by atoms with van der Waals surface area (Å²) in [5.74, 6) is 0. The molecule has 0 fully saturated rings. The molecule has 2 heterocycles. The van der Waals surface area contributed by atoms with Crippen molar-refractivity contribution in [2.75, 3.05) is 17.2 Å². The molecule has 0 radical (unpaired) electrons.